The zero-order valence-corrected chi connectivity index (χ0v) is 6.79. The maximum absolute atomic E-state index is 5.92. The summed E-state index contributed by atoms with van der Waals surface area (Å²) in [5.74, 6) is 1.14. The summed E-state index contributed by atoms with van der Waals surface area (Å²) >= 11 is 1.84. The van der Waals surface area contributed by atoms with Crippen LogP contribution in [-0.2, 0) is 0 Å². The molecular weight excluding hydrogens is 132 g/mol. The Balaban J connectivity index is 2.49. The third-order valence-corrected chi connectivity index (χ3v) is 3.21. The maximum atomic E-state index is 5.92. The van der Waals surface area contributed by atoms with Crippen molar-refractivity contribution in [2.24, 2.45) is 5.73 Å². The lowest BCUT2D eigenvalue weighted by atomic mass is 10.2. The van der Waals surface area contributed by atoms with Crippen LogP contribution in [0.1, 0.15) is 13.8 Å². The molecule has 0 saturated carbocycles. The molecule has 0 spiro atoms. The highest BCUT2D eigenvalue weighted by Gasteiger charge is 2.29. The van der Waals surface area contributed by atoms with E-state index < -0.39 is 0 Å². The van der Waals surface area contributed by atoms with E-state index in [9.17, 15) is 0 Å². The van der Waals surface area contributed by atoms with E-state index >= 15 is 0 Å². The van der Waals surface area contributed by atoms with E-state index in [1.807, 2.05) is 11.8 Å². The molecule has 1 aliphatic rings. The number of thioether (sulfide) groups is 1. The lowest BCUT2D eigenvalue weighted by Crippen LogP contribution is -2.55. The fourth-order valence-electron chi connectivity index (χ4n) is 0.874. The van der Waals surface area contributed by atoms with Crippen LogP contribution in [0.15, 0.2) is 0 Å². The van der Waals surface area contributed by atoms with Crippen LogP contribution in [0.3, 0.4) is 0 Å². The molecule has 0 bridgehead atoms. The molecule has 2 unspecified atom stereocenters. The van der Waals surface area contributed by atoms with Crippen LogP contribution in [0.4, 0.5) is 0 Å². The molecule has 1 rings (SSSR count). The summed E-state index contributed by atoms with van der Waals surface area (Å²) in [5, 5.41) is 3.33. The summed E-state index contributed by atoms with van der Waals surface area (Å²) in [6, 6.07) is 0.441. The Morgan fingerprint density at radius 1 is 1.78 bits per heavy atom. The lowest BCUT2D eigenvalue weighted by Gasteiger charge is -2.36. The molecule has 1 heterocycles. The van der Waals surface area contributed by atoms with E-state index in [1.165, 1.54) is 0 Å². The van der Waals surface area contributed by atoms with E-state index in [0.29, 0.717) is 6.04 Å². The molecule has 1 saturated heterocycles. The monoisotopic (exact) mass is 146 g/mol. The smallest absolute Gasteiger partial charge is 0.0744 e. The van der Waals surface area contributed by atoms with E-state index in [4.69, 9.17) is 5.73 Å². The van der Waals surface area contributed by atoms with E-state index in [0.717, 1.165) is 12.3 Å². The first-order chi connectivity index (χ1) is 4.13. The average molecular weight is 146 g/mol. The van der Waals surface area contributed by atoms with Crippen molar-refractivity contribution < 1.29 is 0 Å². The quantitative estimate of drug-likeness (QED) is 0.519. The number of hydrogen-bond acceptors (Lipinski definition) is 3. The van der Waals surface area contributed by atoms with E-state index in [-0.39, 0.29) is 4.87 Å². The van der Waals surface area contributed by atoms with Gasteiger partial charge in [0.1, 0.15) is 0 Å². The Bertz CT molecular complexity index is 103. The minimum absolute atomic E-state index is 0.0573. The molecule has 54 valence electrons. The van der Waals surface area contributed by atoms with Crippen LogP contribution in [0.25, 0.3) is 0 Å². The highest BCUT2D eigenvalue weighted by atomic mass is 32.2. The van der Waals surface area contributed by atoms with Gasteiger partial charge in [-0.05, 0) is 13.8 Å². The van der Waals surface area contributed by atoms with Gasteiger partial charge in [-0.15, -0.1) is 11.8 Å². The van der Waals surface area contributed by atoms with Crippen molar-refractivity contribution in [3.05, 3.63) is 0 Å². The fourth-order valence-corrected chi connectivity index (χ4v) is 1.87. The summed E-state index contributed by atoms with van der Waals surface area (Å²) < 4.78 is 0. The molecule has 0 aliphatic carbocycles. The Morgan fingerprint density at radius 3 is 2.78 bits per heavy atom. The zero-order valence-electron chi connectivity index (χ0n) is 5.98. The second-order valence-electron chi connectivity index (χ2n) is 2.71. The van der Waals surface area contributed by atoms with Crippen LogP contribution in [-0.4, -0.2) is 23.2 Å². The van der Waals surface area contributed by atoms with Crippen molar-refractivity contribution in [3.8, 4) is 0 Å². The molecule has 9 heavy (non-hydrogen) atoms. The van der Waals surface area contributed by atoms with Gasteiger partial charge in [-0.25, -0.2) is 0 Å². The van der Waals surface area contributed by atoms with Crippen LogP contribution in [0.2, 0.25) is 0 Å². The molecule has 2 atom stereocenters. The standard InChI is InChI=1S/C6H14N2S/c1-5-6(2,7)9-4-3-8-5/h5,8H,3-4,7H2,1-2H3. The minimum Gasteiger partial charge on any atom is -0.316 e. The largest absolute Gasteiger partial charge is 0.316 e. The van der Waals surface area contributed by atoms with Gasteiger partial charge in [0.25, 0.3) is 0 Å². The highest BCUT2D eigenvalue weighted by Crippen LogP contribution is 2.25. The van der Waals surface area contributed by atoms with Gasteiger partial charge in [0.05, 0.1) is 4.87 Å². The molecule has 0 aromatic heterocycles. The van der Waals surface area contributed by atoms with Crippen LogP contribution in [0.5, 0.6) is 0 Å². The predicted molar refractivity (Wildman–Crippen MR) is 42.5 cm³/mol. The Kier molecular flexibility index (Phi) is 2.03. The van der Waals surface area contributed by atoms with Gasteiger partial charge in [0.15, 0.2) is 0 Å². The van der Waals surface area contributed by atoms with Crippen LogP contribution >= 0.6 is 11.8 Å². The van der Waals surface area contributed by atoms with Crippen molar-refractivity contribution in [2.75, 3.05) is 12.3 Å². The fraction of sp³-hybridized carbons (Fsp3) is 1.00. The first-order valence-corrected chi connectivity index (χ1v) is 4.28. The summed E-state index contributed by atoms with van der Waals surface area (Å²) in [6.07, 6.45) is 0. The van der Waals surface area contributed by atoms with Crippen molar-refractivity contribution in [1.29, 1.82) is 0 Å². The minimum atomic E-state index is -0.0573. The second kappa shape index (κ2) is 2.48. The normalized spacial score (nSPS) is 45.0. The number of nitrogens with one attached hydrogen (secondary N) is 1. The molecule has 1 aliphatic heterocycles. The molecular formula is C6H14N2S. The van der Waals surface area contributed by atoms with Gasteiger partial charge in [0, 0.05) is 18.3 Å². The molecule has 0 amide bonds. The zero-order chi connectivity index (χ0) is 6.91. The van der Waals surface area contributed by atoms with Crippen LogP contribution < -0.4 is 11.1 Å². The van der Waals surface area contributed by atoms with Crippen molar-refractivity contribution in [1.82, 2.24) is 5.32 Å². The second-order valence-corrected chi connectivity index (χ2v) is 4.28. The van der Waals surface area contributed by atoms with Gasteiger partial charge in [0.2, 0.25) is 0 Å². The van der Waals surface area contributed by atoms with Crippen LogP contribution in [0, 0.1) is 0 Å². The SMILES string of the molecule is CC1NCCSC1(C)N. The maximum Gasteiger partial charge on any atom is 0.0744 e. The third kappa shape index (κ3) is 1.60. The topological polar surface area (TPSA) is 38.0 Å². The Hall–Kier alpha value is 0.270. The number of hydrogen-bond donors (Lipinski definition) is 2. The van der Waals surface area contributed by atoms with E-state index in [1.54, 1.807) is 0 Å². The number of nitrogens with two attached hydrogens (primary N) is 1. The molecule has 0 aromatic carbocycles. The third-order valence-electron chi connectivity index (χ3n) is 1.83. The van der Waals surface area contributed by atoms with Gasteiger partial charge in [-0.1, -0.05) is 0 Å². The summed E-state index contributed by atoms with van der Waals surface area (Å²) in [6.45, 7) is 5.30. The van der Waals surface area contributed by atoms with Gasteiger partial charge in [-0.3, -0.25) is 0 Å². The lowest BCUT2D eigenvalue weighted by molar-refractivity contribution is 0.444. The predicted octanol–water partition coefficient (Wildman–Crippen LogP) is 0.386. The highest BCUT2D eigenvalue weighted by molar-refractivity contribution is 8.00. The van der Waals surface area contributed by atoms with E-state index in [2.05, 4.69) is 19.2 Å². The summed E-state index contributed by atoms with van der Waals surface area (Å²) in [4.78, 5) is -0.0573. The van der Waals surface area contributed by atoms with Crippen molar-refractivity contribution >= 4 is 11.8 Å². The molecule has 0 radical (unpaired) electrons. The molecule has 0 aromatic rings. The molecule has 2 nitrogen and oxygen atoms in total. The Labute approximate surface area is 60.6 Å². The van der Waals surface area contributed by atoms with Gasteiger partial charge in [-0.2, -0.15) is 0 Å². The average Bonchev–Trinajstić information content (AvgIpc) is 1.77. The first kappa shape index (κ1) is 7.38. The molecule has 1 fully saturated rings. The van der Waals surface area contributed by atoms with Crippen molar-refractivity contribution in [3.63, 3.8) is 0 Å². The summed E-state index contributed by atoms with van der Waals surface area (Å²) in [7, 11) is 0. The van der Waals surface area contributed by atoms with Gasteiger partial charge < -0.3 is 11.1 Å². The van der Waals surface area contributed by atoms with Gasteiger partial charge >= 0.3 is 0 Å². The first-order valence-electron chi connectivity index (χ1n) is 3.29. The van der Waals surface area contributed by atoms with Crippen molar-refractivity contribution in [2.45, 2.75) is 24.8 Å². The molecule has 3 heteroatoms. The number of rotatable bonds is 0. The summed E-state index contributed by atoms with van der Waals surface area (Å²) in [5.41, 5.74) is 5.92. The molecule has 3 N–H and O–H groups in total. The Morgan fingerprint density at radius 2 is 2.44 bits per heavy atom.